The van der Waals surface area contributed by atoms with Crippen LogP contribution in [0, 0.1) is 30.3 Å². The minimum absolute atomic E-state index is 0. The van der Waals surface area contributed by atoms with Crippen LogP contribution in [0.2, 0.25) is 0 Å². The Balaban J connectivity index is 0.000000164. The molecule has 0 spiro atoms. The molecule has 15 aromatic rings. The van der Waals surface area contributed by atoms with Gasteiger partial charge in [-0.2, -0.15) is 0 Å². The molecule has 15 rings (SSSR count). The Labute approximate surface area is 605 Å². The topological polar surface area (TPSA) is 118 Å². The Bertz CT molecular complexity index is 4620. The third-order valence-corrected chi connectivity index (χ3v) is 15.8. The molecular weight excluding hydrogens is 1740 g/mol. The van der Waals surface area contributed by atoms with Crippen molar-refractivity contribution in [3.05, 3.63) is 363 Å². The van der Waals surface area contributed by atoms with Crippen molar-refractivity contribution in [2.45, 2.75) is 0 Å². The largest absolute Gasteiger partial charge is 2.00 e. The van der Waals surface area contributed by atoms with E-state index in [9.17, 15) is 9.90 Å². The zero-order valence-electron chi connectivity index (χ0n) is 50.9. The van der Waals surface area contributed by atoms with Gasteiger partial charge in [-0.05, 0) is 106 Å². The maximum atomic E-state index is 12.9. The molecular formula is C83H54N7O2Pt3S-. The van der Waals surface area contributed by atoms with Crippen molar-refractivity contribution in [1.82, 2.24) is 29.9 Å². The second-order valence-electron chi connectivity index (χ2n) is 21.1. The molecule has 0 amide bonds. The number of aromatic hydroxyl groups is 1. The first-order valence-electron chi connectivity index (χ1n) is 30.0. The van der Waals surface area contributed by atoms with Gasteiger partial charge in [-0.25, -0.2) is 4.98 Å². The molecule has 0 fully saturated rings. The Morgan fingerprint density at radius 1 is 0.354 bits per heavy atom. The minimum Gasteiger partial charge on any atom is -0.506 e. The summed E-state index contributed by atoms with van der Waals surface area (Å²) in [4.78, 5) is 43.2. The van der Waals surface area contributed by atoms with E-state index in [1.807, 2.05) is 194 Å². The number of carbonyl (C=O) groups excluding carboxylic acids is 1. The van der Waals surface area contributed by atoms with Crippen molar-refractivity contribution in [2.75, 3.05) is 4.90 Å². The van der Waals surface area contributed by atoms with E-state index in [1.54, 1.807) is 30.6 Å². The SMILES string of the molecule is O=C(c1[c-]c(-c2ccccn2)ccc1)c1[c-]c(-c2ccccn2)ccc1.Oc1ccsc1-c1cccc(-c2cccc(-c3[c-]cccc3)n2)n1.[Pt+2].[Pt+2].[Pt].[c-]1c(-c2ccccn2)cc(-c2ccccc2)cc1N(c1[c-]c(-c2ccccn2)cc(-c2ccccc2)c1)c1ccccc1. The summed E-state index contributed by atoms with van der Waals surface area (Å²) in [6.45, 7) is 0. The number of aromatic nitrogens is 6. The summed E-state index contributed by atoms with van der Waals surface area (Å²) in [5.74, 6) is 0.130. The monoisotopic (exact) mass is 1800 g/mol. The molecule has 0 aliphatic rings. The normalized spacial score (nSPS) is 10.3. The van der Waals surface area contributed by atoms with Crippen molar-refractivity contribution >= 4 is 34.2 Å². The van der Waals surface area contributed by atoms with Crippen LogP contribution in [0.25, 0.3) is 100 Å². The van der Waals surface area contributed by atoms with Crippen LogP contribution >= 0.6 is 11.3 Å². The second-order valence-corrected chi connectivity index (χ2v) is 22.0. The van der Waals surface area contributed by atoms with Gasteiger partial charge in [0.1, 0.15) is 11.5 Å². The number of benzene rings is 8. The van der Waals surface area contributed by atoms with Crippen molar-refractivity contribution < 1.29 is 73.1 Å². The van der Waals surface area contributed by atoms with E-state index in [2.05, 4.69) is 157 Å². The fourth-order valence-corrected chi connectivity index (χ4v) is 11.2. The number of para-hydroxylation sites is 1. The van der Waals surface area contributed by atoms with Crippen LogP contribution in [0.3, 0.4) is 0 Å². The molecule has 13 heteroatoms. The summed E-state index contributed by atoms with van der Waals surface area (Å²) >= 11 is 1.47. The molecule has 470 valence electrons. The van der Waals surface area contributed by atoms with Crippen LogP contribution in [0.4, 0.5) is 17.1 Å². The predicted octanol–water partition coefficient (Wildman–Crippen LogP) is 19.9. The molecule has 0 bridgehead atoms. The predicted molar refractivity (Wildman–Crippen MR) is 373 cm³/mol. The summed E-state index contributed by atoms with van der Waals surface area (Å²) in [6.07, 6.45) is 7.09. The average molecular weight is 1800 g/mol. The molecule has 0 aliphatic heterocycles. The molecule has 0 saturated heterocycles. The molecule has 0 radical (unpaired) electrons. The van der Waals surface area contributed by atoms with Crippen LogP contribution in [0.15, 0.2) is 321 Å². The molecule has 0 atom stereocenters. The van der Waals surface area contributed by atoms with Crippen molar-refractivity contribution in [3.63, 3.8) is 0 Å². The van der Waals surface area contributed by atoms with E-state index < -0.39 is 0 Å². The maximum Gasteiger partial charge on any atom is 2.00 e. The molecule has 0 aliphatic carbocycles. The smallest absolute Gasteiger partial charge is 0.506 e. The standard InChI is InChI=1S/C40H27N3.C23H14N2O.C20H13N2OS.3Pt/c1-4-14-30(15-5-1)32-24-34(39-20-10-12-22-41-39)28-37(26-32)43(36-18-8-3-9-19-36)38-27-33(31-16-6-2-7-17-31)25-35(29-38)40-21-11-13-23-42-40;26-23(19-9-5-7-17(15-19)21-11-1-3-13-24-21)20-10-6-8-18(16-20)22-12-2-4-14-25-22;23-19-12-13-24-20(19)18-11-5-10-17(22-18)16-9-4-8-15(21-16)14-6-2-1-3-7-14;;;/h1-27H;1-14H;1-6,8-13,23H;;;/q2*-2;-1;;2*+2. The summed E-state index contributed by atoms with van der Waals surface area (Å²) in [6, 6.07) is 112. The number of hydrogen-bond acceptors (Lipinski definition) is 10. The van der Waals surface area contributed by atoms with Crippen molar-refractivity contribution in [1.29, 1.82) is 0 Å². The second kappa shape index (κ2) is 33.7. The zero-order valence-corrected chi connectivity index (χ0v) is 58.6. The Morgan fingerprint density at radius 3 is 1.19 bits per heavy atom. The Morgan fingerprint density at radius 2 is 0.750 bits per heavy atom. The number of anilines is 3. The number of rotatable bonds is 14. The van der Waals surface area contributed by atoms with Crippen LogP contribution in [-0.4, -0.2) is 40.8 Å². The van der Waals surface area contributed by atoms with Gasteiger partial charge in [-0.1, -0.05) is 179 Å². The van der Waals surface area contributed by atoms with E-state index in [-0.39, 0.29) is 74.7 Å². The first kappa shape index (κ1) is 68.6. The number of nitrogens with zero attached hydrogens (tertiary/aromatic N) is 7. The van der Waals surface area contributed by atoms with Crippen LogP contribution in [0.1, 0.15) is 15.9 Å². The van der Waals surface area contributed by atoms with Gasteiger partial charge in [0.15, 0.2) is 0 Å². The van der Waals surface area contributed by atoms with Crippen molar-refractivity contribution in [3.8, 4) is 106 Å². The number of thiophene rings is 1. The van der Waals surface area contributed by atoms with Gasteiger partial charge in [-0.15, -0.1) is 143 Å². The fraction of sp³-hybridized carbons (Fsp3) is 0. The summed E-state index contributed by atoms with van der Waals surface area (Å²) in [5.41, 5.74) is 19.0. The first-order chi connectivity index (χ1) is 45.9. The number of pyridine rings is 6. The summed E-state index contributed by atoms with van der Waals surface area (Å²) in [5, 5.41) is 11.8. The maximum absolute atomic E-state index is 12.9. The number of hydrogen-bond donors (Lipinski definition) is 1. The van der Waals surface area contributed by atoms with E-state index in [0.29, 0.717) is 11.1 Å². The van der Waals surface area contributed by atoms with E-state index in [1.165, 1.54) is 11.3 Å². The van der Waals surface area contributed by atoms with Gasteiger partial charge in [0.25, 0.3) is 0 Å². The average Bonchev–Trinajstić information content (AvgIpc) is 0.810. The zero-order chi connectivity index (χ0) is 63.0. The van der Waals surface area contributed by atoms with Gasteiger partial charge in [0.2, 0.25) is 0 Å². The van der Waals surface area contributed by atoms with E-state index in [4.69, 9.17) is 4.98 Å². The van der Waals surface area contributed by atoms with Crippen molar-refractivity contribution in [2.24, 2.45) is 0 Å². The molecule has 0 saturated carbocycles. The first-order valence-corrected chi connectivity index (χ1v) is 30.9. The van der Waals surface area contributed by atoms with Gasteiger partial charge in [0, 0.05) is 62.9 Å². The molecule has 1 N–H and O–H groups in total. The number of carbonyl (C=O) groups is 1. The fourth-order valence-electron chi connectivity index (χ4n) is 10.4. The quantitative estimate of drug-likeness (QED) is 0.0839. The van der Waals surface area contributed by atoms with Crippen LogP contribution in [0.5, 0.6) is 5.75 Å². The van der Waals surface area contributed by atoms with Gasteiger partial charge < -0.3 is 24.8 Å². The summed E-state index contributed by atoms with van der Waals surface area (Å²) in [7, 11) is 0. The molecule has 7 aromatic heterocycles. The third kappa shape index (κ3) is 17.0. The molecule has 0 unspecified atom stereocenters. The third-order valence-electron chi connectivity index (χ3n) is 14.9. The van der Waals surface area contributed by atoms with Crippen LogP contribution < -0.4 is 4.90 Å². The Hall–Kier alpha value is -10.3. The van der Waals surface area contributed by atoms with Crippen LogP contribution in [-0.2, 0) is 63.2 Å². The van der Waals surface area contributed by atoms with Gasteiger partial charge in [0.05, 0.1) is 22.0 Å². The minimum atomic E-state index is -0.124. The molecule has 8 aromatic carbocycles. The Kier molecular flexibility index (Phi) is 24.1. The number of ketones is 1. The van der Waals surface area contributed by atoms with Gasteiger partial charge in [-0.3, -0.25) is 15.0 Å². The molecule has 9 nitrogen and oxygen atoms in total. The summed E-state index contributed by atoms with van der Waals surface area (Å²) < 4.78 is 0. The van der Waals surface area contributed by atoms with Gasteiger partial charge >= 0.3 is 42.1 Å². The molecule has 7 heterocycles. The molecule has 96 heavy (non-hydrogen) atoms. The van der Waals surface area contributed by atoms with E-state index >= 15 is 0 Å². The van der Waals surface area contributed by atoms with E-state index in [0.717, 1.165) is 118 Å².